The number of hydrogen-bond acceptors (Lipinski definition) is 2. The van der Waals surface area contributed by atoms with E-state index >= 15 is 0 Å². The van der Waals surface area contributed by atoms with Gasteiger partial charge >= 0.3 is 5.51 Å². The van der Waals surface area contributed by atoms with E-state index in [9.17, 15) is 13.2 Å². The fourth-order valence-electron chi connectivity index (χ4n) is 2.01. The Morgan fingerprint density at radius 3 is 2.74 bits per heavy atom. The molecule has 0 aliphatic rings. The third-order valence-corrected chi connectivity index (χ3v) is 3.70. The van der Waals surface area contributed by atoms with Crippen molar-refractivity contribution in [1.82, 2.24) is 9.55 Å². The Labute approximate surface area is 117 Å². The van der Waals surface area contributed by atoms with Crippen LogP contribution in [-0.2, 0) is 12.4 Å². The summed E-state index contributed by atoms with van der Waals surface area (Å²) in [5, 5.41) is 0. The second kappa shape index (κ2) is 5.63. The highest BCUT2D eigenvalue weighted by Gasteiger charge is 2.27. The molecule has 0 spiro atoms. The molecule has 0 N–H and O–H groups in total. The van der Waals surface area contributed by atoms with Gasteiger partial charge in [-0.15, -0.1) is 11.6 Å². The highest BCUT2D eigenvalue weighted by Crippen LogP contribution is 2.31. The van der Waals surface area contributed by atoms with Crippen LogP contribution in [0.1, 0.15) is 11.4 Å². The third kappa shape index (κ3) is 3.36. The molecule has 2 aromatic rings. The molecule has 0 radical (unpaired) electrons. The maximum Gasteiger partial charge on any atom is 0.441 e. The molecule has 0 amide bonds. The maximum atomic E-state index is 12.2. The van der Waals surface area contributed by atoms with Crippen molar-refractivity contribution in [2.45, 2.75) is 24.9 Å². The van der Waals surface area contributed by atoms with Crippen LogP contribution in [0.25, 0.3) is 11.0 Å². The zero-order valence-electron chi connectivity index (χ0n) is 10.2. The average Bonchev–Trinajstić information content (AvgIpc) is 2.67. The van der Waals surface area contributed by atoms with Gasteiger partial charge in [0.15, 0.2) is 0 Å². The summed E-state index contributed by atoms with van der Waals surface area (Å²) in [4.78, 5) is 4.35. The number of aromatic nitrogens is 2. The van der Waals surface area contributed by atoms with Gasteiger partial charge in [0.2, 0.25) is 0 Å². The molecule has 0 aliphatic heterocycles. The number of rotatable bonds is 4. The molecule has 19 heavy (non-hydrogen) atoms. The van der Waals surface area contributed by atoms with Gasteiger partial charge in [-0.25, -0.2) is 4.98 Å². The molecule has 0 unspecified atom stereocenters. The largest absolute Gasteiger partial charge is 0.441 e. The van der Waals surface area contributed by atoms with Gasteiger partial charge in [0.25, 0.3) is 0 Å². The van der Waals surface area contributed by atoms with Crippen LogP contribution in [0.2, 0.25) is 0 Å². The summed E-state index contributed by atoms with van der Waals surface area (Å²) >= 11 is 5.79. The van der Waals surface area contributed by atoms with E-state index in [2.05, 4.69) is 4.98 Å². The molecule has 7 heteroatoms. The van der Waals surface area contributed by atoms with Gasteiger partial charge in [0, 0.05) is 12.3 Å². The second-order valence-corrected chi connectivity index (χ2v) is 5.48. The zero-order chi connectivity index (χ0) is 14.0. The smallest absolute Gasteiger partial charge is 0.326 e. The fraction of sp³-hybridized carbons (Fsp3) is 0.417. The molecule has 0 saturated heterocycles. The van der Waals surface area contributed by atoms with Crippen LogP contribution in [0, 0.1) is 6.92 Å². The van der Waals surface area contributed by atoms with Gasteiger partial charge in [-0.2, -0.15) is 13.2 Å². The molecule has 0 atom stereocenters. The van der Waals surface area contributed by atoms with Crippen LogP contribution in [-0.4, -0.2) is 20.8 Å². The van der Waals surface area contributed by atoms with Crippen LogP contribution >= 0.6 is 23.4 Å². The Balaban J connectivity index is 2.30. The van der Waals surface area contributed by atoms with E-state index in [1.807, 2.05) is 25.1 Å². The highest BCUT2D eigenvalue weighted by molar-refractivity contribution is 8.00. The summed E-state index contributed by atoms with van der Waals surface area (Å²) in [6, 6.07) is 5.62. The van der Waals surface area contributed by atoms with Crippen molar-refractivity contribution in [2.75, 3.05) is 5.75 Å². The summed E-state index contributed by atoms with van der Waals surface area (Å²) in [6.45, 7) is 2.16. The second-order valence-electron chi connectivity index (χ2n) is 4.05. The fourth-order valence-corrected chi connectivity index (χ4v) is 2.72. The molecular weight excluding hydrogens is 297 g/mol. The third-order valence-electron chi connectivity index (χ3n) is 2.75. The predicted octanol–water partition coefficient (Wildman–Crippen LogP) is 4.34. The molecule has 1 heterocycles. The minimum absolute atomic E-state index is 0.0263. The molecule has 0 bridgehead atoms. The summed E-state index contributed by atoms with van der Waals surface area (Å²) in [5.41, 5.74) is -1.58. The van der Waals surface area contributed by atoms with Gasteiger partial charge < -0.3 is 4.57 Å². The minimum Gasteiger partial charge on any atom is -0.326 e. The lowest BCUT2D eigenvalue weighted by Gasteiger charge is -2.10. The first-order valence-corrected chi connectivity index (χ1v) is 7.16. The van der Waals surface area contributed by atoms with E-state index in [-0.39, 0.29) is 29.9 Å². The van der Waals surface area contributed by atoms with Crippen molar-refractivity contribution >= 4 is 34.4 Å². The van der Waals surface area contributed by atoms with Crippen LogP contribution in [0.4, 0.5) is 13.2 Å². The number of aryl methyl sites for hydroxylation is 2. The average molecular weight is 309 g/mol. The van der Waals surface area contributed by atoms with Crippen LogP contribution < -0.4 is 0 Å². The van der Waals surface area contributed by atoms with E-state index in [0.29, 0.717) is 5.82 Å². The molecular formula is C12H12ClF3N2S. The number of benzene rings is 1. The lowest BCUT2D eigenvalue weighted by atomic mass is 10.2. The van der Waals surface area contributed by atoms with Crippen LogP contribution in [0.5, 0.6) is 0 Å². The van der Waals surface area contributed by atoms with E-state index in [0.717, 1.165) is 16.6 Å². The molecule has 0 aliphatic carbocycles. The summed E-state index contributed by atoms with van der Waals surface area (Å²) < 4.78 is 38.3. The summed E-state index contributed by atoms with van der Waals surface area (Å²) in [5.74, 6) is 0.742. The first-order chi connectivity index (χ1) is 8.92. The van der Waals surface area contributed by atoms with E-state index in [1.54, 1.807) is 4.57 Å². The Bertz CT molecular complexity index is 580. The van der Waals surface area contributed by atoms with Crippen LogP contribution in [0.15, 0.2) is 18.2 Å². The zero-order valence-corrected chi connectivity index (χ0v) is 11.7. The molecule has 1 aromatic carbocycles. The Hall–Kier alpha value is -0.880. The van der Waals surface area contributed by atoms with E-state index in [1.165, 1.54) is 0 Å². The van der Waals surface area contributed by atoms with Gasteiger partial charge in [-0.05, 0) is 30.3 Å². The van der Waals surface area contributed by atoms with E-state index in [4.69, 9.17) is 11.6 Å². The van der Waals surface area contributed by atoms with Gasteiger partial charge in [0.1, 0.15) is 5.82 Å². The molecule has 104 valence electrons. The Morgan fingerprint density at radius 2 is 2.11 bits per heavy atom. The minimum atomic E-state index is -4.20. The van der Waals surface area contributed by atoms with Crippen LogP contribution in [0.3, 0.4) is 0 Å². The van der Waals surface area contributed by atoms with Crippen molar-refractivity contribution in [1.29, 1.82) is 0 Å². The molecule has 1 aromatic heterocycles. The predicted molar refractivity (Wildman–Crippen MR) is 72.5 cm³/mol. The number of halogens is 4. The number of thioether (sulfide) groups is 1. The lowest BCUT2D eigenvalue weighted by Crippen LogP contribution is -2.09. The Kier molecular flexibility index (Phi) is 4.30. The molecule has 0 fully saturated rings. The maximum absolute atomic E-state index is 12.2. The summed E-state index contributed by atoms with van der Waals surface area (Å²) in [6.07, 6.45) is 0. The van der Waals surface area contributed by atoms with Crippen molar-refractivity contribution in [2.24, 2.45) is 0 Å². The van der Waals surface area contributed by atoms with Crippen molar-refractivity contribution in [3.8, 4) is 0 Å². The SMILES string of the molecule is Cc1cccc2nc(CCl)n(CCSC(F)(F)F)c12. The van der Waals surface area contributed by atoms with Gasteiger partial charge in [0.05, 0.1) is 16.9 Å². The van der Waals surface area contributed by atoms with Gasteiger partial charge in [-0.1, -0.05) is 12.1 Å². The monoisotopic (exact) mass is 308 g/mol. The quantitative estimate of drug-likeness (QED) is 0.782. The van der Waals surface area contributed by atoms with E-state index < -0.39 is 5.51 Å². The number of para-hydroxylation sites is 1. The van der Waals surface area contributed by atoms with Crippen molar-refractivity contribution in [3.05, 3.63) is 29.6 Å². The van der Waals surface area contributed by atoms with Gasteiger partial charge in [-0.3, -0.25) is 0 Å². The standard InChI is InChI=1S/C12H12ClF3N2S/c1-8-3-2-4-9-11(8)18(10(7-13)17-9)5-6-19-12(14,15)16/h2-4H,5-7H2,1H3. The van der Waals surface area contributed by atoms with Crippen molar-refractivity contribution in [3.63, 3.8) is 0 Å². The highest BCUT2D eigenvalue weighted by atomic mass is 35.5. The number of nitrogens with zero attached hydrogens (tertiary/aromatic N) is 2. The normalized spacial score (nSPS) is 12.3. The number of alkyl halides is 4. The summed E-state index contributed by atoms with van der Waals surface area (Å²) in [7, 11) is 0. The lowest BCUT2D eigenvalue weighted by molar-refractivity contribution is -0.0328. The first-order valence-electron chi connectivity index (χ1n) is 5.64. The number of hydrogen-bond donors (Lipinski definition) is 0. The first kappa shape index (κ1) is 14.5. The molecule has 2 rings (SSSR count). The number of imidazole rings is 1. The Morgan fingerprint density at radius 1 is 1.37 bits per heavy atom. The molecule has 0 saturated carbocycles. The topological polar surface area (TPSA) is 17.8 Å². The number of fused-ring (bicyclic) bond motifs is 1. The van der Waals surface area contributed by atoms with Crippen molar-refractivity contribution < 1.29 is 13.2 Å². The molecule has 2 nitrogen and oxygen atoms in total.